The minimum absolute atomic E-state index is 0.258. The molecule has 0 atom stereocenters. The molecule has 2 aromatic heterocycles. The fourth-order valence-corrected chi connectivity index (χ4v) is 4.07. The van der Waals surface area contributed by atoms with Gasteiger partial charge in [0.15, 0.2) is 5.13 Å². The van der Waals surface area contributed by atoms with Crippen LogP contribution >= 0.6 is 11.3 Å². The van der Waals surface area contributed by atoms with E-state index in [4.69, 9.17) is 4.74 Å². The minimum atomic E-state index is -0.467. The Morgan fingerprint density at radius 1 is 1.15 bits per heavy atom. The number of anilines is 1. The first-order valence-electron chi connectivity index (χ1n) is 10.5. The van der Waals surface area contributed by atoms with Crippen molar-refractivity contribution in [2.45, 2.75) is 13.8 Å². The van der Waals surface area contributed by atoms with E-state index in [1.165, 1.54) is 18.2 Å². The van der Waals surface area contributed by atoms with Crippen LogP contribution in [0.3, 0.4) is 0 Å². The van der Waals surface area contributed by atoms with E-state index in [1.54, 1.807) is 42.9 Å². The predicted molar refractivity (Wildman–Crippen MR) is 129 cm³/mol. The second-order valence-corrected chi connectivity index (χ2v) is 8.20. The molecule has 0 unspecified atom stereocenters. The fourth-order valence-electron chi connectivity index (χ4n) is 3.20. The highest BCUT2D eigenvalue weighted by atomic mass is 32.1. The van der Waals surface area contributed by atoms with Crippen LogP contribution in [0.2, 0.25) is 0 Å². The van der Waals surface area contributed by atoms with Gasteiger partial charge in [-0.1, -0.05) is 29.5 Å². The second-order valence-electron chi connectivity index (χ2n) is 7.20. The number of thiazole rings is 1. The van der Waals surface area contributed by atoms with E-state index in [2.05, 4.69) is 15.4 Å². The molecule has 0 aliphatic heterocycles. The number of esters is 1. The summed E-state index contributed by atoms with van der Waals surface area (Å²) in [7, 11) is 0. The van der Waals surface area contributed by atoms with Crippen molar-refractivity contribution in [3.8, 4) is 16.9 Å². The SMILES string of the molecule is CCOC(=O)c1sc(NC(=O)/C=C/c2cn(-c3ccccc3)nc2-c2ccc(F)cc2)nc1C. The van der Waals surface area contributed by atoms with Gasteiger partial charge in [-0.3, -0.25) is 10.1 Å². The number of hydrogen-bond acceptors (Lipinski definition) is 6. The van der Waals surface area contributed by atoms with Crippen LogP contribution in [-0.2, 0) is 9.53 Å². The maximum absolute atomic E-state index is 13.4. The summed E-state index contributed by atoms with van der Waals surface area (Å²) in [5, 5.41) is 7.62. The molecule has 0 radical (unpaired) electrons. The molecule has 0 aliphatic rings. The van der Waals surface area contributed by atoms with Crippen molar-refractivity contribution in [3.63, 3.8) is 0 Å². The smallest absolute Gasteiger partial charge is 0.350 e. The van der Waals surface area contributed by atoms with Gasteiger partial charge in [-0.2, -0.15) is 5.10 Å². The topological polar surface area (TPSA) is 86.1 Å². The zero-order valence-electron chi connectivity index (χ0n) is 18.5. The molecule has 2 aromatic carbocycles. The van der Waals surface area contributed by atoms with E-state index in [9.17, 15) is 14.0 Å². The zero-order chi connectivity index (χ0) is 24.1. The number of nitrogens with one attached hydrogen (secondary N) is 1. The maximum Gasteiger partial charge on any atom is 0.350 e. The quantitative estimate of drug-likeness (QED) is 0.290. The van der Waals surface area contributed by atoms with Gasteiger partial charge in [0, 0.05) is 23.4 Å². The fraction of sp³-hybridized carbons (Fsp3) is 0.120. The maximum atomic E-state index is 13.4. The van der Waals surface area contributed by atoms with Gasteiger partial charge in [-0.05, 0) is 56.3 Å². The van der Waals surface area contributed by atoms with E-state index in [1.807, 2.05) is 30.3 Å². The number of aryl methyl sites for hydroxylation is 1. The van der Waals surface area contributed by atoms with Gasteiger partial charge in [0.05, 0.1) is 23.7 Å². The lowest BCUT2D eigenvalue weighted by molar-refractivity contribution is -0.111. The first-order chi connectivity index (χ1) is 16.4. The van der Waals surface area contributed by atoms with Crippen LogP contribution in [0.1, 0.15) is 27.9 Å². The van der Waals surface area contributed by atoms with E-state index >= 15 is 0 Å². The summed E-state index contributed by atoms with van der Waals surface area (Å²) in [6.45, 7) is 3.66. The van der Waals surface area contributed by atoms with E-state index < -0.39 is 11.9 Å². The molecule has 34 heavy (non-hydrogen) atoms. The van der Waals surface area contributed by atoms with E-state index in [0.717, 1.165) is 17.0 Å². The van der Waals surface area contributed by atoms with Crippen molar-refractivity contribution < 1.29 is 18.7 Å². The van der Waals surface area contributed by atoms with Gasteiger partial charge >= 0.3 is 5.97 Å². The lowest BCUT2D eigenvalue weighted by Gasteiger charge is -2.00. The standard InChI is InChI=1S/C25H21FN4O3S/c1-3-33-24(32)23-16(2)27-25(34-23)28-21(31)14-11-18-15-30(20-7-5-4-6-8-20)29-22(18)17-9-12-19(26)13-10-17/h4-15H,3H2,1-2H3,(H,27,28,31)/b14-11+. The first-order valence-corrected chi connectivity index (χ1v) is 11.3. The monoisotopic (exact) mass is 476 g/mol. The van der Waals surface area contributed by atoms with Gasteiger partial charge in [0.1, 0.15) is 10.7 Å². The van der Waals surface area contributed by atoms with Crippen molar-refractivity contribution in [3.05, 3.63) is 88.8 Å². The molecule has 9 heteroatoms. The highest BCUT2D eigenvalue weighted by Crippen LogP contribution is 2.26. The summed E-state index contributed by atoms with van der Waals surface area (Å²) in [6.07, 6.45) is 4.79. The first kappa shape index (κ1) is 23.1. The number of aromatic nitrogens is 3. The summed E-state index contributed by atoms with van der Waals surface area (Å²) in [4.78, 5) is 29.1. The van der Waals surface area contributed by atoms with Crippen LogP contribution in [0, 0.1) is 12.7 Å². The highest BCUT2D eigenvalue weighted by Gasteiger charge is 2.17. The van der Waals surface area contributed by atoms with E-state index in [-0.39, 0.29) is 12.4 Å². The number of rotatable bonds is 7. The van der Waals surface area contributed by atoms with Crippen LogP contribution in [0.5, 0.6) is 0 Å². The molecule has 172 valence electrons. The van der Waals surface area contributed by atoms with Gasteiger partial charge in [-0.15, -0.1) is 0 Å². The zero-order valence-corrected chi connectivity index (χ0v) is 19.3. The number of hydrogen-bond donors (Lipinski definition) is 1. The third kappa shape index (κ3) is 5.26. The molecule has 4 aromatic rings. The summed E-state index contributed by atoms with van der Waals surface area (Å²) in [6, 6.07) is 15.5. The highest BCUT2D eigenvalue weighted by molar-refractivity contribution is 7.17. The van der Waals surface area contributed by atoms with Crippen LogP contribution in [-0.4, -0.2) is 33.2 Å². The molecule has 0 saturated carbocycles. The number of para-hydroxylation sites is 1. The molecule has 0 bridgehead atoms. The molecule has 0 aliphatic carbocycles. The van der Waals surface area contributed by atoms with Gasteiger partial charge < -0.3 is 4.74 Å². The third-order valence-electron chi connectivity index (χ3n) is 4.78. The molecular weight excluding hydrogens is 455 g/mol. The Bertz CT molecular complexity index is 1340. The van der Waals surface area contributed by atoms with E-state index in [0.29, 0.717) is 32.5 Å². The predicted octanol–water partition coefficient (Wildman–Crippen LogP) is 5.27. The van der Waals surface area contributed by atoms with Crippen molar-refractivity contribution in [2.24, 2.45) is 0 Å². The second kappa shape index (κ2) is 10.2. The van der Waals surface area contributed by atoms with Gasteiger partial charge in [-0.25, -0.2) is 18.9 Å². The number of nitrogens with zero attached hydrogens (tertiary/aromatic N) is 3. The minimum Gasteiger partial charge on any atom is -0.462 e. The number of benzene rings is 2. The number of halogens is 1. The Morgan fingerprint density at radius 2 is 1.88 bits per heavy atom. The molecule has 0 spiro atoms. The van der Waals surface area contributed by atoms with Gasteiger partial charge in [0.25, 0.3) is 0 Å². The van der Waals surface area contributed by atoms with Crippen LogP contribution in [0.15, 0.2) is 66.9 Å². The molecular formula is C25H21FN4O3S. The molecule has 0 fully saturated rings. The lowest BCUT2D eigenvalue weighted by atomic mass is 10.1. The summed E-state index contributed by atoms with van der Waals surface area (Å²) >= 11 is 1.06. The van der Waals surface area contributed by atoms with Crippen LogP contribution in [0.4, 0.5) is 9.52 Å². The van der Waals surface area contributed by atoms with Crippen molar-refractivity contribution in [2.75, 3.05) is 11.9 Å². The Kier molecular flexibility index (Phi) is 6.93. The molecule has 0 saturated heterocycles. The molecule has 1 amide bonds. The molecule has 2 heterocycles. The third-order valence-corrected chi connectivity index (χ3v) is 5.84. The Hall–Kier alpha value is -4.11. The number of carbonyl (C=O) groups excluding carboxylic acids is 2. The average Bonchev–Trinajstić information content (AvgIpc) is 3.42. The molecule has 1 N–H and O–H groups in total. The van der Waals surface area contributed by atoms with Crippen LogP contribution < -0.4 is 5.32 Å². The van der Waals surface area contributed by atoms with Crippen molar-refractivity contribution in [1.29, 1.82) is 0 Å². The summed E-state index contributed by atoms with van der Waals surface area (Å²) < 4.78 is 20.1. The Balaban J connectivity index is 1.59. The summed E-state index contributed by atoms with van der Waals surface area (Å²) in [5.74, 6) is -1.23. The van der Waals surface area contributed by atoms with Crippen molar-refractivity contribution >= 4 is 34.4 Å². The largest absolute Gasteiger partial charge is 0.462 e. The summed E-state index contributed by atoms with van der Waals surface area (Å²) in [5.41, 5.74) is 3.33. The average molecular weight is 477 g/mol. The normalized spacial score (nSPS) is 11.0. The van der Waals surface area contributed by atoms with Crippen LogP contribution in [0.25, 0.3) is 23.0 Å². The van der Waals surface area contributed by atoms with Gasteiger partial charge in [0.2, 0.25) is 5.91 Å². The number of carbonyl (C=O) groups is 2. The number of amides is 1. The molecule has 7 nitrogen and oxygen atoms in total. The Morgan fingerprint density at radius 3 is 2.59 bits per heavy atom. The number of ether oxygens (including phenoxy) is 1. The Labute approximate surface area is 199 Å². The molecule has 4 rings (SSSR count). The van der Waals surface area contributed by atoms with Crippen molar-refractivity contribution in [1.82, 2.24) is 14.8 Å². The lowest BCUT2D eigenvalue weighted by Crippen LogP contribution is -2.07.